The van der Waals surface area contributed by atoms with Crippen LogP contribution in [0.3, 0.4) is 0 Å². The molecule has 2 rings (SSSR count). The van der Waals surface area contributed by atoms with E-state index >= 15 is 0 Å². The molecule has 0 aliphatic heterocycles. The van der Waals surface area contributed by atoms with Crippen molar-refractivity contribution in [2.45, 2.75) is 0 Å². The molecule has 0 atom stereocenters. The average Bonchev–Trinajstić information content (AvgIpc) is 2.85. The maximum atomic E-state index is 9.54. The van der Waals surface area contributed by atoms with Gasteiger partial charge in [0.25, 0.3) is 0 Å². The molecule has 0 aliphatic rings. The second-order valence-electron chi connectivity index (χ2n) is 3.59. The Bertz CT molecular complexity index is 552. The predicted molar refractivity (Wildman–Crippen MR) is 74.5 cm³/mol. The summed E-state index contributed by atoms with van der Waals surface area (Å²) in [6, 6.07) is 5.18. The van der Waals surface area contributed by atoms with Crippen molar-refractivity contribution >= 4 is 16.5 Å². The first-order valence-electron chi connectivity index (χ1n) is 5.42. The van der Waals surface area contributed by atoms with Crippen LogP contribution in [0, 0.1) is 0 Å². The molecule has 1 heterocycles. The lowest BCUT2D eigenvalue weighted by molar-refractivity contribution is 0.373. The normalized spacial score (nSPS) is 10.1. The molecule has 0 amide bonds. The van der Waals surface area contributed by atoms with Crippen molar-refractivity contribution in [3.63, 3.8) is 0 Å². The Morgan fingerprint density at radius 3 is 3.11 bits per heavy atom. The maximum absolute atomic E-state index is 9.54. The van der Waals surface area contributed by atoms with Crippen LogP contribution in [0.25, 0.3) is 11.3 Å². The quantitative estimate of drug-likeness (QED) is 0.813. The number of thiazole rings is 1. The number of methoxy groups -OCH3 is 1. The molecule has 1 aromatic carbocycles. The topological polar surface area (TPSA) is 54.4 Å². The monoisotopic (exact) mass is 262 g/mol. The van der Waals surface area contributed by atoms with Crippen molar-refractivity contribution in [3.05, 3.63) is 36.2 Å². The molecule has 0 saturated carbocycles. The number of benzene rings is 1. The Kier molecular flexibility index (Phi) is 3.84. The van der Waals surface area contributed by atoms with Gasteiger partial charge in [-0.2, -0.15) is 0 Å². The molecular formula is C13H14N2O2S. The summed E-state index contributed by atoms with van der Waals surface area (Å²) in [4.78, 5) is 4.45. The molecule has 2 N–H and O–H groups in total. The second kappa shape index (κ2) is 5.55. The molecule has 4 nitrogen and oxygen atoms in total. The van der Waals surface area contributed by atoms with Gasteiger partial charge >= 0.3 is 0 Å². The fourth-order valence-electron chi connectivity index (χ4n) is 1.48. The number of anilines is 1. The van der Waals surface area contributed by atoms with Crippen molar-refractivity contribution in [2.75, 3.05) is 19.0 Å². The zero-order valence-electron chi connectivity index (χ0n) is 10.0. The van der Waals surface area contributed by atoms with Gasteiger partial charge in [0.05, 0.1) is 12.8 Å². The van der Waals surface area contributed by atoms with Gasteiger partial charge < -0.3 is 15.2 Å². The zero-order chi connectivity index (χ0) is 13.0. The summed E-state index contributed by atoms with van der Waals surface area (Å²) in [6.45, 7) is 4.33. The van der Waals surface area contributed by atoms with Gasteiger partial charge in [-0.1, -0.05) is 6.08 Å². The van der Waals surface area contributed by atoms with Crippen LogP contribution in [-0.4, -0.2) is 23.7 Å². The minimum absolute atomic E-state index is 0.126. The van der Waals surface area contributed by atoms with Crippen LogP contribution < -0.4 is 10.1 Å². The zero-order valence-corrected chi connectivity index (χ0v) is 10.8. The third-order valence-electron chi connectivity index (χ3n) is 2.38. The van der Waals surface area contributed by atoms with Gasteiger partial charge in [-0.15, -0.1) is 17.9 Å². The Morgan fingerprint density at radius 1 is 1.56 bits per heavy atom. The van der Waals surface area contributed by atoms with Crippen LogP contribution >= 0.6 is 11.3 Å². The molecule has 2 aromatic rings. The molecule has 0 aliphatic carbocycles. The second-order valence-corrected chi connectivity index (χ2v) is 4.45. The van der Waals surface area contributed by atoms with Crippen LogP contribution in [0.15, 0.2) is 36.2 Å². The number of hydrogen-bond acceptors (Lipinski definition) is 5. The van der Waals surface area contributed by atoms with E-state index in [0.29, 0.717) is 12.3 Å². The fraction of sp³-hybridized carbons (Fsp3) is 0.154. The summed E-state index contributed by atoms with van der Waals surface area (Å²) < 4.78 is 5.08. The van der Waals surface area contributed by atoms with Gasteiger partial charge in [0, 0.05) is 17.5 Å². The van der Waals surface area contributed by atoms with Crippen LogP contribution in [0.5, 0.6) is 11.5 Å². The molecule has 5 heteroatoms. The average molecular weight is 262 g/mol. The highest BCUT2D eigenvalue weighted by Gasteiger charge is 2.07. The van der Waals surface area contributed by atoms with E-state index in [2.05, 4.69) is 16.9 Å². The van der Waals surface area contributed by atoms with Crippen molar-refractivity contribution in [1.29, 1.82) is 0 Å². The summed E-state index contributed by atoms with van der Waals surface area (Å²) in [7, 11) is 1.52. The summed E-state index contributed by atoms with van der Waals surface area (Å²) in [5.41, 5.74) is 1.76. The van der Waals surface area contributed by atoms with Crippen LogP contribution in [0.1, 0.15) is 0 Å². The highest BCUT2D eigenvalue weighted by atomic mass is 32.1. The number of aromatic hydroxyl groups is 1. The minimum Gasteiger partial charge on any atom is -0.504 e. The molecule has 18 heavy (non-hydrogen) atoms. The summed E-state index contributed by atoms with van der Waals surface area (Å²) >= 11 is 1.53. The standard InChI is InChI=1S/C13H14N2O2S/c1-3-6-14-13-15-10(8-18-13)9-4-5-11(16)12(7-9)17-2/h3-5,7-8,16H,1,6H2,2H3,(H,14,15). The first-order chi connectivity index (χ1) is 8.74. The number of hydrogen-bond donors (Lipinski definition) is 2. The van der Waals surface area contributed by atoms with Gasteiger partial charge in [-0.25, -0.2) is 4.98 Å². The molecule has 94 valence electrons. The molecule has 1 aromatic heterocycles. The highest BCUT2D eigenvalue weighted by molar-refractivity contribution is 7.14. The smallest absolute Gasteiger partial charge is 0.183 e. The van der Waals surface area contributed by atoms with Crippen molar-refractivity contribution in [2.24, 2.45) is 0 Å². The number of phenols is 1. The van der Waals surface area contributed by atoms with Gasteiger partial charge in [-0.05, 0) is 18.2 Å². The Balaban J connectivity index is 2.25. The van der Waals surface area contributed by atoms with Gasteiger partial charge in [-0.3, -0.25) is 0 Å². The SMILES string of the molecule is C=CCNc1nc(-c2ccc(O)c(OC)c2)cs1. The minimum atomic E-state index is 0.126. The van der Waals surface area contributed by atoms with E-state index in [0.717, 1.165) is 16.4 Å². The van der Waals surface area contributed by atoms with Gasteiger partial charge in [0.15, 0.2) is 16.6 Å². The molecule has 0 radical (unpaired) electrons. The number of rotatable bonds is 5. The van der Waals surface area contributed by atoms with Crippen LogP contribution in [0.4, 0.5) is 5.13 Å². The number of aromatic nitrogens is 1. The maximum Gasteiger partial charge on any atom is 0.183 e. The number of nitrogens with one attached hydrogen (secondary N) is 1. The van der Waals surface area contributed by atoms with E-state index in [1.54, 1.807) is 18.2 Å². The van der Waals surface area contributed by atoms with Crippen molar-refractivity contribution in [1.82, 2.24) is 4.98 Å². The van der Waals surface area contributed by atoms with E-state index in [4.69, 9.17) is 4.74 Å². The largest absolute Gasteiger partial charge is 0.504 e. The molecule has 0 fully saturated rings. The number of phenolic OH excluding ortho intramolecular Hbond substituents is 1. The molecule has 0 saturated heterocycles. The lowest BCUT2D eigenvalue weighted by Gasteiger charge is -2.04. The molecule has 0 spiro atoms. The number of nitrogens with zero attached hydrogens (tertiary/aromatic N) is 1. The Labute approximate surface area is 110 Å². The van der Waals surface area contributed by atoms with Crippen molar-refractivity contribution < 1.29 is 9.84 Å². The third kappa shape index (κ3) is 2.62. The third-order valence-corrected chi connectivity index (χ3v) is 3.18. The summed E-state index contributed by atoms with van der Waals surface area (Å²) in [6.07, 6.45) is 1.78. The lowest BCUT2D eigenvalue weighted by atomic mass is 10.1. The van der Waals surface area contributed by atoms with Crippen molar-refractivity contribution in [3.8, 4) is 22.8 Å². The Hall–Kier alpha value is -2.01. The molecule has 0 bridgehead atoms. The van der Waals surface area contributed by atoms with E-state index < -0.39 is 0 Å². The predicted octanol–water partition coefficient (Wildman–Crippen LogP) is 3.12. The summed E-state index contributed by atoms with van der Waals surface area (Å²) in [5, 5.41) is 15.5. The lowest BCUT2D eigenvalue weighted by Crippen LogP contribution is -1.96. The van der Waals surface area contributed by atoms with Gasteiger partial charge in [0.1, 0.15) is 0 Å². The fourth-order valence-corrected chi connectivity index (χ4v) is 2.21. The first kappa shape index (κ1) is 12.4. The van der Waals surface area contributed by atoms with E-state index in [-0.39, 0.29) is 5.75 Å². The van der Waals surface area contributed by atoms with Gasteiger partial charge in [0.2, 0.25) is 0 Å². The highest BCUT2D eigenvalue weighted by Crippen LogP contribution is 2.32. The van der Waals surface area contributed by atoms with E-state index in [9.17, 15) is 5.11 Å². The molecule has 0 unspecified atom stereocenters. The van der Waals surface area contributed by atoms with Crippen LogP contribution in [0.2, 0.25) is 0 Å². The van der Waals surface area contributed by atoms with E-state index in [1.165, 1.54) is 18.4 Å². The van der Waals surface area contributed by atoms with E-state index in [1.807, 2.05) is 11.4 Å². The summed E-state index contributed by atoms with van der Waals surface area (Å²) in [5.74, 6) is 0.572. The molecular weight excluding hydrogens is 248 g/mol. The Morgan fingerprint density at radius 2 is 2.39 bits per heavy atom. The van der Waals surface area contributed by atoms with Crippen LogP contribution in [-0.2, 0) is 0 Å². The first-order valence-corrected chi connectivity index (χ1v) is 6.30. The number of ether oxygens (including phenoxy) is 1.